The number of imidazole rings is 1. The minimum atomic E-state index is -0.743. The Hall–Kier alpha value is -3.33. The summed E-state index contributed by atoms with van der Waals surface area (Å²) in [6, 6.07) is 19.8. The Morgan fingerprint density at radius 1 is 0.939 bits per heavy atom. The summed E-state index contributed by atoms with van der Waals surface area (Å²) in [6.45, 7) is 1.41. The van der Waals surface area contributed by atoms with Gasteiger partial charge in [-0.15, -0.1) is 0 Å². The maximum Gasteiger partial charge on any atom is 0.165 e. The van der Waals surface area contributed by atoms with Gasteiger partial charge in [-0.05, 0) is 17.5 Å². The van der Waals surface area contributed by atoms with Gasteiger partial charge in [0.2, 0.25) is 0 Å². The second-order valence-corrected chi connectivity index (χ2v) is 8.40. The number of fused-ring (bicyclic) bond motifs is 1. The lowest BCUT2D eigenvalue weighted by molar-refractivity contribution is -0.0713. The topological polar surface area (TPSA) is 108 Å². The van der Waals surface area contributed by atoms with E-state index in [9.17, 15) is 5.11 Å². The fourth-order valence-electron chi connectivity index (χ4n) is 4.54. The molecule has 8 heteroatoms. The fraction of sp³-hybridized carbons (Fsp3) is 0.320. The van der Waals surface area contributed by atoms with Crippen molar-refractivity contribution in [2.24, 2.45) is 5.92 Å². The van der Waals surface area contributed by atoms with E-state index in [4.69, 9.17) is 15.2 Å². The van der Waals surface area contributed by atoms with Crippen LogP contribution in [0.1, 0.15) is 23.6 Å². The predicted molar refractivity (Wildman–Crippen MR) is 124 cm³/mol. The molecule has 2 aromatic carbocycles. The highest BCUT2D eigenvalue weighted by Gasteiger charge is 2.44. The van der Waals surface area contributed by atoms with Crippen molar-refractivity contribution >= 4 is 17.0 Å². The van der Waals surface area contributed by atoms with Crippen LogP contribution in [-0.2, 0) is 22.7 Å². The molecule has 0 amide bonds. The first kappa shape index (κ1) is 21.5. The zero-order chi connectivity index (χ0) is 22.6. The quantitative estimate of drug-likeness (QED) is 0.429. The molecular formula is C25H27N5O3. The summed E-state index contributed by atoms with van der Waals surface area (Å²) in [5.41, 5.74) is 9.28. The van der Waals surface area contributed by atoms with E-state index in [2.05, 4.69) is 15.0 Å². The zero-order valence-corrected chi connectivity index (χ0v) is 18.2. The average Bonchev–Trinajstić information content (AvgIpc) is 3.41. The molecule has 0 saturated heterocycles. The SMILES string of the molecule is Nc1ncnc2c1ncn2[C@H]1C[C@@H](COCc2ccccc2)[C@H](OCc2ccccc2)[C@@H]1O. The van der Waals surface area contributed by atoms with Gasteiger partial charge in [-0.25, -0.2) is 15.0 Å². The lowest BCUT2D eigenvalue weighted by atomic mass is 10.1. The molecule has 2 heterocycles. The number of aromatic nitrogens is 4. The van der Waals surface area contributed by atoms with Crippen LogP contribution >= 0.6 is 0 Å². The van der Waals surface area contributed by atoms with E-state index in [1.807, 2.05) is 65.2 Å². The van der Waals surface area contributed by atoms with Gasteiger partial charge in [-0.1, -0.05) is 60.7 Å². The Bertz CT molecular complexity index is 1180. The minimum Gasteiger partial charge on any atom is -0.388 e. The molecule has 170 valence electrons. The van der Waals surface area contributed by atoms with Crippen molar-refractivity contribution in [1.82, 2.24) is 19.5 Å². The predicted octanol–water partition coefficient (Wildman–Crippen LogP) is 3.13. The molecule has 0 unspecified atom stereocenters. The Balaban J connectivity index is 1.35. The van der Waals surface area contributed by atoms with Gasteiger partial charge in [-0.2, -0.15) is 0 Å². The standard InChI is InChI=1S/C25H27N5O3/c26-24-21-25(28-15-27-24)30(16-29-21)20-11-19(14-32-12-17-7-3-1-4-8-17)23(22(20)31)33-13-18-9-5-2-6-10-18/h1-10,15-16,19-20,22-23,31H,11-14H2,(H2,26,27,28)/t19-,20-,22+,23-/m0/s1. The van der Waals surface area contributed by atoms with Gasteiger partial charge in [0.25, 0.3) is 0 Å². The third-order valence-corrected chi connectivity index (χ3v) is 6.21. The van der Waals surface area contributed by atoms with Crippen molar-refractivity contribution in [1.29, 1.82) is 0 Å². The lowest BCUT2D eigenvalue weighted by Crippen LogP contribution is -2.33. The van der Waals surface area contributed by atoms with Crippen molar-refractivity contribution < 1.29 is 14.6 Å². The van der Waals surface area contributed by atoms with Gasteiger partial charge in [-0.3, -0.25) is 0 Å². The van der Waals surface area contributed by atoms with E-state index in [1.165, 1.54) is 6.33 Å². The van der Waals surface area contributed by atoms with Gasteiger partial charge in [0.05, 0.1) is 38.3 Å². The van der Waals surface area contributed by atoms with Crippen LogP contribution in [0.15, 0.2) is 73.3 Å². The summed E-state index contributed by atoms with van der Waals surface area (Å²) in [4.78, 5) is 12.7. The van der Waals surface area contributed by atoms with E-state index in [1.54, 1.807) is 6.33 Å². The molecule has 2 aromatic heterocycles. The first-order chi connectivity index (χ1) is 16.2. The Morgan fingerprint density at radius 3 is 2.36 bits per heavy atom. The van der Waals surface area contributed by atoms with Crippen molar-refractivity contribution in [2.45, 2.75) is 37.9 Å². The lowest BCUT2D eigenvalue weighted by Gasteiger charge is -2.24. The largest absolute Gasteiger partial charge is 0.388 e. The van der Waals surface area contributed by atoms with Gasteiger partial charge >= 0.3 is 0 Å². The molecule has 1 aliphatic carbocycles. The maximum absolute atomic E-state index is 11.3. The number of anilines is 1. The number of nitrogen functional groups attached to an aromatic ring is 1. The van der Waals surface area contributed by atoms with Gasteiger partial charge in [0.1, 0.15) is 17.9 Å². The van der Waals surface area contributed by atoms with E-state index < -0.39 is 6.10 Å². The molecule has 0 radical (unpaired) electrons. The number of nitrogens with zero attached hydrogens (tertiary/aromatic N) is 4. The molecule has 4 aromatic rings. The molecular weight excluding hydrogens is 418 g/mol. The van der Waals surface area contributed by atoms with Crippen LogP contribution < -0.4 is 5.73 Å². The van der Waals surface area contributed by atoms with E-state index >= 15 is 0 Å². The Labute approximate surface area is 192 Å². The van der Waals surface area contributed by atoms with E-state index in [0.717, 1.165) is 11.1 Å². The minimum absolute atomic E-state index is 0.00839. The summed E-state index contributed by atoms with van der Waals surface area (Å²) in [5.74, 6) is 0.333. The number of aliphatic hydroxyl groups excluding tert-OH is 1. The molecule has 3 N–H and O–H groups in total. The molecule has 0 spiro atoms. The molecule has 0 bridgehead atoms. The highest BCUT2D eigenvalue weighted by Crippen LogP contribution is 2.39. The van der Waals surface area contributed by atoms with Crippen LogP contribution in [0.4, 0.5) is 5.82 Å². The molecule has 1 aliphatic rings. The maximum atomic E-state index is 11.3. The fourth-order valence-corrected chi connectivity index (χ4v) is 4.54. The molecule has 1 saturated carbocycles. The van der Waals surface area contributed by atoms with Crippen LogP contribution in [0.25, 0.3) is 11.2 Å². The second kappa shape index (κ2) is 9.66. The van der Waals surface area contributed by atoms with Gasteiger partial charge in [0, 0.05) is 5.92 Å². The first-order valence-corrected chi connectivity index (χ1v) is 11.1. The Morgan fingerprint density at radius 2 is 1.64 bits per heavy atom. The third kappa shape index (κ3) is 4.59. The number of hydrogen-bond donors (Lipinski definition) is 2. The third-order valence-electron chi connectivity index (χ3n) is 6.21. The van der Waals surface area contributed by atoms with E-state index in [-0.39, 0.29) is 18.1 Å². The van der Waals surface area contributed by atoms with Crippen molar-refractivity contribution in [3.63, 3.8) is 0 Å². The monoisotopic (exact) mass is 445 g/mol. The molecule has 8 nitrogen and oxygen atoms in total. The first-order valence-electron chi connectivity index (χ1n) is 11.1. The van der Waals surface area contributed by atoms with Gasteiger partial charge < -0.3 is 24.9 Å². The second-order valence-electron chi connectivity index (χ2n) is 8.40. The number of aliphatic hydroxyl groups is 1. The van der Waals surface area contributed by atoms with Crippen LogP contribution in [0.3, 0.4) is 0 Å². The average molecular weight is 446 g/mol. The molecule has 0 aliphatic heterocycles. The normalized spacial score (nSPS) is 22.7. The Kier molecular flexibility index (Phi) is 6.30. The number of nitrogens with two attached hydrogens (primary N) is 1. The van der Waals surface area contributed by atoms with Crippen LogP contribution in [-0.4, -0.2) is 43.4 Å². The summed E-state index contributed by atoms with van der Waals surface area (Å²) in [7, 11) is 0. The van der Waals surface area contributed by atoms with Crippen LogP contribution in [0, 0.1) is 5.92 Å². The summed E-state index contributed by atoms with van der Waals surface area (Å²) in [6.07, 6.45) is 2.63. The van der Waals surface area contributed by atoms with Crippen LogP contribution in [0.5, 0.6) is 0 Å². The highest BCUT2D eigenvalue weighted by molar-refractivity contribution is 5.81. The summed E-state index contributed by atoms with van der Waals surface area (Å²) >= 11 is 0. The highest BCUT2D eigenvalue weighted by atomic mass is 16.5. The zero-order valence-electron chi connectivity index (χ0n) is 18.2. The molecule has 5 rings (SSSR count). The molecule has 4 atom stereocenters. The number of rotatable bonds is 8. The van der Waals surface area contributed by atoms with Crippen molar-refractivity contribution in [2.75, 3.05) is 12.3 Å². The van der Waals surface area contributed by atoms with Crippen molar-refractivity contribution in [3.8, 4) is 0 Å². The van der Waals surface area contributed by atoms with Gasteiger partial charge in [0.15, 0.2) is 11.5 Å². The van der Waals surface area contributed by atoms with Crippen LogP contribution in [0.2, 0.25) is 0 Å². The summed E-state index contributed by atoms with van der Waals surface area (Å²) < 4.78 is 14.2. The van der Waals surface area contributed by atoms with Crippen molar-refractivity contribution in [3.05, 3.63) is 84.4 Å². The number of hydrogen-bond acceptors (Lipinski definition) is 7. The molecule has 1 fully saturated rings. The summed E-state index contributed by atoms with van der Waals surface area (Å²) in [5, 5.41) is 11.3. The number of ether oxygens (including phenoxy) is 2. The number of benzene rings is 2. The smallest absolute Gasteiger partial charge is 0.165 e. The molecule has 33 heavy (non-hydrogen) atoms. The van der Waals surface area contributed by atoms with E-state index in [0.29, 0.717) is 43.2 Å².